The molecular formula is C21H19N3O5S. The summed E-state index contributed by atoms with van der Waals surface area (Å²) in [4.78, 5) is 35.6. The summed E-state index contributed by atoms with van der Waals surface area (Å²) in [6.07, 6.45) is 3.71. The first kappa shape index (κ1) is 21.0. The summed E-state index contributed by atoms with van der Waals surface area (Å²) >= 11 is 1.53. The Balaban J connectivity index is 1.70. The van der Waals surface area contributed by atoms with Crippen molar-refractivity contribution in [3.63, 3.8) is 0 Å². The van der Waals surface area contributed by atoms with E-state index in [2.05, 4.69) is 9.84 Å². The maximum atomic E-state index is 12.0. The highest BCUT2D eigenvalue weighted by molar-refractivity contribution is 7.13. The minimum Gasteiger partial charge on any atom is -0.452 e. The number of aromatic nitrogens is 2. The molecule has 0 aliphatic carbocycles. The average molecular weight is 425 g/mol. The number of benzene rings is 1. The maximum absolute atomic E-state index is 12.0. The Hall–Kier alpha value is -3.72. The summed E-state index contributed by atoms with van der Waals surface area (Å²) in [5.41, 5.74) is 2.32. The zero-order chi connectivity index (χ0) is 21.3. The molecule has 0 unspecified atom stereocenters. The lowest BCUT2D eigenvalue weighted by molar-refractivity contribution is -0.143. The average Bonchev–Trinajstić information content (AvgIpc) is 3.41. The van der Waals surface area contributed by atoms with Crippen LogP contribution < -0.4 is 5.32 Å². The van der Waals surface area contributed by atoms with Crippen LogP contribution in [0, 0.1) is 0 Å². The third-order valence-electron chi connectivity index (χ3n) is 3.78. The second-order valence-electron chi connectivity index (χ2n) is 5.90. The van der Waals surface area contributed by atoms with Gasteiger partial charge in [0.15, 0.2) is 6.61 Å². The van der Waals surface area contributed by atoms with Gasteiger partial charge in [0.1, 0.15) is 5.69 Å². The number of esters is 1. The SMILES string of the molecule is CCOC(=O)NC(=O)COC(=O)C=Cc1cn(-c2ccccc2)nc1-c1cccs1. The van der Waals surface area contributed by atoms with Gasteiger partial charge in [0.25, 0.3) is 5.91 Å². The predicted octanol–water partition coefficient (Wildman–Crippen LogP) is 3.43. The Morgan fingerprint density at radius 2 is 1.93 bits per heavy atom. The standard InChI is InChI=1S/C21H19N3O5S/c1-2-28-21(27)22-18(25)14-29-19(26)11-10-15-13-24(16-7-4-3-5-8-16)23-20(15)17-9-6-12-30-17/h3-13H,2,14H2,1H3,(H,22,25,27). The molecule has 3 aromatic rings. The predicted molar refractivity (Wildman–Crippen MR) is 112 cm³/mol. The van der Waals surface area contributed by atoms with Crippen molar-refractivity contribution in [2.45, 2.75) is 6.92 Å². The zero-order valence-corrected chi connectivity index (χ0v) is 16.9. The molecule has 2 amide bonds. The largest absolute Gasteiger partial charge is 0.452 e. The zero-order valence-electron chi connectivity index (χ0n) is 16.1. The van der Waals surface area contributed by atoms with Gasteiger partial charge in [-0.25, -0.2) is 14.3 Å². The van der Waals surface area contributed by atoms with Gasteiger partial charge >= 0.3 is 12.1 Å². The van der Waals surface area contributed by atoms with E-state index in [1.54, 1.807) is 17.7 Å². The number of alkyl carbamates (subject to hydrolysis) is 1. The Morgan fingerprint density at radius 1 is 1.13 bits per heavy atom. The van der Waals surface area contributed by atoms with Gasteiger partial charge < -0.3 is 9.47 Å². The molecule has 8 nitrogen and oxygen atoms in total. The lowest BCUT2D eigenvalue weighted by atomic mass is 10.2. The smallest absolute Gasteiger partial charge is 0.413 e. The van der Waals surface area contributed by atoms with Crippen molar-refractivity contribution in [2.75, 3.05) is 13.2 Å². The number of imide groups is 1. The number of nitrogens with one attached hydrogen (secondary N) is 1. The first-order valence-electron chi connectivity index (χ1n) is 9.07. The first-order chi connectivity index (χ1) is 14.6. The van der Waals surface area contributed by atoms with Crippen LogP contribution in [0.2, 0.25) is 0 Å². The highest BCUT2D eigenvalue weighted by Crippen LogP contribution is 2.28. The van der Waals surface area contributed by atoms with Crippen LogP contribution in [0.15, 0.2) is 60.1 Å². The highest BCUT2D eigenvalue weighted by atomic mass is 32.1. The number of para-hydroxylation sites is 1. The number of thiophene rings is 1. The van der Waals surface area contributed by atoms with Crippen molar-refractivity contribution < 1.29 is 23.9 Å². The molecule has 0 spiro atoms. The number of carbonyl (C=O) groups is 3. The van der Waals surface area contributed by atoms with Crippen molar-refractivity contribution in [3.05, 3.63) is 65.7 Å². The van der Waals surface area contributed by atoms with Crippen LogP contribution in [0.25, 0.3) is 22.3 Å². The van der Waals surface area contributed by atoms with E-state index in [1.807, 2.05) is 59.4 Å². The van der Waals surface area contributed by atoms with Gasteiger partial charge in [0.2, 0.25) is 0 Å². The summed E-state index contributed by atoms with van der Waals surface area (Å²) in [7, 11) is 0. The third kappa shape index (κ3) is 5.65. The molecule has 0 atom stereocenters. The number of nitrogens with zero attached hydrogens (tertiary/aromatic N) is 2. The van der Waals surface area contributed by atoms with E-state index in [-0.39, 0.29) is 6.61 Å². The molecule has 0 bridgehead atoms. The molecule has 2 heterocycles. The molecule has 2 aromatic heterocycles. The van der Waals surface area contributed by atoms with Gasteiger partial charge in [-0.3, -0.25) is 10.1 Å². The highest BCUT2D eigenvalue weighted by Gasteiger charge is 2.13. The quantitative estimate of drug-likeness (QED) is 0.460. The van der Waals surface area contributed by atoms with Crippen LogP contribution in [0.3, 0.4) is 0 Å². The summed E-state index contributed by atoms with van der Waals surface area (Å²) < 4.78 is 11.2. The first-order valence-corrected chi connectivity index (χ1v) is 9.95. The molecule has 3 rings (SSSR count). The van der Waals surface area contributed by atoms with Crippen molar-refractivity contribution in [2.24, 2.45) is 0 Å². The third-order valence-corrected chi connectivity index (χ3v) is 4.66. The monoisotopic (exact) mass is 425 g/mol. The molecule has 0 aliphatic heterocycles. The van der Waals surface area contributed by atoms with Crippen molar-refractivity contribution in [3.8, 4) is 16.3 Å². The van der Waals surface area contributed by atoms with Crippen LogP contribution in [0.5, 0.6) is 0 Å². The topological polar surface area (TPSA) is 99.5 Å². The van der Waals surface area contributed by atoms with Crippen molar-refractivity contribution in [1.82, 2.24) is 15.1 Å². The van der Waals surface area contributed by atoms with E-state index in [0.29, 0.717) is 5.56 Å². The molecule has 1 aromatic carbocycles. The van der Waals surface area contributed by atoms with Crippen molar-refractivity contribution in [1.29, 1.82) is 0 Å². The Labute approximate surface area is 176 Å². The van der Waals surface area contributed by atoms with E-state index in [0.717, 1.165) is 16.3 Å². The summed E-state index contributed by atoms with van der Waals surface area (Å²) in [5, 5.41) is 8.52. The Morgan fingerprint density at radius 3 is 2.63 bits per heavy atom. The van der Waals surface area contributed by atoms with Crippen LogP contribution in [0.4, 0.5) is 4.79 Å². The van der Waals surface area contributed by atoms with Gasteiger partial charge in [-0.05, 0) is 36.6 Å². The van der Waals surface area contributed by atoms with E-state index < -0.39 is 24.6 Å². The minimum absolute atomic E-state index is 0.130. The molecule has 0 radical (unpaired) electrons. The second kappa shape index (κ2) is 10.2. The van der Waals surface area contributed by atoms with Crippen LogP contribution in [-0.2, 0) is 19.1 Å². The molecule has 30 heavy (non-hydrogen) atoms. The fourth-order valence-corrected chi connectivity index (χ4v) is 3.22. The van der Waals surface area contributed by atoms with Gasteiger partial charge in [0, 0.05) is 17.8 Å². The number of hydrogen-bond donors (Lipinski definition) is 1. The molecular weight excluding hydrogens is 406 g/mol. The van der Waals surface area contributed by atoms with E-state index in [1.165, 1.54) is 17.4 Å². The lowest BCUT2D eigenvalue weighted by Gasteiger charge is -2.04. The molecule has 0 aliphatic rings. The molecule has 9 heteroatoms. The fourth-order valence-electron chi connectivity index (χ4n) is 2.49. The van der Waals surface area contributed by atoms with E-state index in [9.17, 15) is 14.4 Å². The summed E-state index contributed by atoms with van der Waals surface area (Å²) in [6, 6.07) is 13.5. The van der Waals surface area contributed by atoms with Gasteiger partial charge in [-0.15, -0.1) is 11.3 Å². The maximum Gasteiger partial charge on any atom is 0.413 e. The summed E-state index contributed by atoms with van der Waals surface area (Å²) in [5.74, 6) is -1.50. The van der Waals surface area contributed by atoms with E-state index in [4.69, 9.17) is 4.74 Å². The Bertz CT molecular complexity index is 1040. The molecule has 1 N–H and O–H groups in total. The number of carbonyl (C=O) groups excluding carboxylic acids is 3. The van der Waals surface area contributed by atoms with Gasteiger partial charge in [-0.1, -0.05) is 24.3 Å². The fraction of sp³-hybridized carbons (Fsp3) is 0.143. The number of hydrogen-bond acceptors (Lipinski definition) is 7. The molecule has 154 valence electrons. The van der Waals surface area contributed by atoms with Crippen LogP contribution in [0.1, 0.15) is 12.5 Å². The molecule has 0 saturated heterocycles. The normalized spacial score (nSPS) is 10.7. The number of rotatable bonds is 7. The molecule has 0 fully saturated rings. The Kier molecular flexibility index (Phi) is 7.12. The summed E-state index contributed by atoms with van der Waals surface area (Å²) in [6.45, 7) is 1.15. The lowest BCUT2D eigenvalue weighted by Crippen LogP contribution is -2.34. The second-order valence-corrected chi connectivity index (χ2v) is 6.85. The van der Waals surface area contributed by atoms with Gasteiger partial charge in [0.05, 0.1) is 17.2 Å². The minimum atomic E-state index is -0.886. The van der Waals surface area contributed by atoms with Crippen LogP contribution in [-0.4, -0.2) is 41.0 Å². The number of amides is 2. The number of ether oxygens (including phenoxy) is 2. The van der Waals surface area contributed by atoms with E-state index >= 15 is 0 Å². The molecule has 0 saturated carbocycles. The van der Waals surface area contributed by atoms with Crippen molar-refractivity contribution >= 4 is 35.4 Å². The van der Waals surface area contributed by atoms with Crippen LogP contribution >= 0.6 is 11.3 Å². The van der Waals surface area contributed by atoms with Gasteiger partial charge in [-0.2, -0.15) is 5.10 Å².